The Hall–Kier alpha value is -3.12. The van der Waals surface area contributed by atoms with Gasteiger partial charge in [0.25, 0.3) is 0 Å². The van der Waals surface area contributed by atoms with Crippen molar-refractivity contribution < 1.29 is 17.9 Å². The van der Waals surface area contributed by atoms with Gasteiger partial charge < -0.3 is 10.1 Å². The van der Waals surface area contributed by atoms with Crippen LogP contribution in [0, 0.1) is 6.92 Å². The maximum atomic E-state index is 12.3. The zero-order valence-electron chi connectivity index (χ0n) is 16.2. The molecule has 0 aliphatic heterocycles. The predicted octanol–water partition coefficient (Wildman–Crippen LogP) is 4.38. The molecular formula is C23H23NO4S. The molecule has 0 heterocycles. The molecule has 5 nitrogen and oxygen atoms in total. The Morgan fingerprint density at radius 2 is 1.55 bits per heavy atom. The van der Waals surface area contributed by atoms with E-state index in [0.29, 0.717) is 18.0 Å². The number of rotatable bonds is 8. The molecule has 1 N–H and O–H groups in total. The number of anilines is 1. The Morgan fingerprint density at radius 3 is 2.21 bits per heavy atom. The summed E-state index contributed by atoms with van der Waals surface area (Å²) in [4.78, 5) is 12.4. The Balaban J connectivity index is 1.49. The van der Waals surface area contributed by atoms with Gasteiger partial charge in [-0.3, -0.25) is 4.79 Å². The van der Waals surface area contributed by atoms with Crippen molar-refractivity contribution in [2.24, 2.45) is 0 Å². The van der Waals surface area contributed by atoms with Crippen LogP contribution in [0.2, 0.25) is 0 Å². The normalized spacial score (nSPS) is 11.1. The van der Waals surface area contributed by atoms with E-state index in [4.69, 9.17) is 4.74 Å². The minimum Gasteiger partial charge on any atom is -0.489 e. The van der Waals surface area contributed by atoms with E-state index in [2.05, 4.69) is 5.32 Å². The van der Waals surface area contributed by atoms with Crippen molar-refractivity contribution >= 4 is 21.4 Å². The van der Waals surface area contributed by atoms with Gasteiger partial charge in [-0.15, -0.1) is 0 Å². The van der Waals surface area contributed by atoms with Crippen LogP contribution in [-0.2, 0) is 21.2 Å². The lowest BCUT2D eigenvalue weighted by atomic mass is 10.2. The summed E-state index contributed by atoms with van der Waals surface area (Å²) in [6.07, 6.45) is -0.109. The summed E-state index contributed by atoms with van der Waals surface area (Å²) in [6.45, 7) is 2.35. The third kappa shape index (κ3) is 6.19. The van der Waals surface area contributed by atoms with E-state index < -0.39 is 9.84 Å². The molecule has 0 spiro atoms. The lowest BCUT2D eigenvalue weighted by molar-refractivity contribution is -0.115. The number of hydrogen-bond acceptors (Lipinski definition) is 4. The van der Waals surface area contributed by atoms with Crippen LogP contribution in [0.5, 0.6) is 5.75 Å². The number of benzene rings is 3. The molecule has 0 unspecified atom stereocenters. The molecule has 150 valence electrons. The van der Waals surface area contributed by atoms with E-state index in [-0.39, 0.29) is 23.0 Å². The van der Waals surface area contributed by atoms with E-state index in [1.54, 1.807) is 48.5 Å². The summed E-state index contributed by atoms with van der Waals surface area (Å²) in [5.41, 5.74) is 2.65. The van der Waals surface area contributed by atoms with Gasteiger partial charge in [-0.25, -0.2) is 8.42 Å². The molecule has 0 atom stereocenters. The highest BCUT2D eigenvalue weighted by Gasteiger charge is 2.16. The third-order valence-corrected chi connectivity index (χ3v) is 6.10. The summed E-state index contributed by atoms with van der Waals surface area (Å²) in [5.74, 6) is 0.104. The van der Waals surface area contributed by atoms with E-state index in [0.717, 1.165) is 11.1 Å². The van der Waals surface area contributed by atoms with Crippen LogP contribution in [-0.4, -0.2) is 20.1 Å². The van der Waals surface area contributed by atoms with Gasteiger partial charge in [0.05, 0.1) is 10.6 Å². The van der Waals surface area contributed by atoms with Crippen LogP contribution in [0.25, 0.3) is 0 Å². The maximum absolute atomic E-state index is 12.3. The molecule has 29 heavy (non-hydrogen) atoms. The first kappa shape index (κ1) is 20.6. The number of ether oxygens (including phenoxy) is 1. The Labute approximate surface area is 171 Å². The van der Waals surface area contributed by atoms with E-state index in [9.17, 15) is 13.2 Å². The highest BCUT2D eigenvalue weighted by atomic mass is 32.2. The van der Waals surface area contributed by atoms with E-state index >= 15 is 0 Å². The fourth-order valence-electron chi connectivity index (χ4n) is 2.69. The molecule has 0 bridgehead atoms. The summed E-state index contributed by atoms with van der Waals surface area (Å²) in [5, 5.41) is 2.72. The van der Waals surface area contributed by atoms with Crippen molar-refractivity contribution in [3.05, 3.63) is 90.0 Å². The van der Waals surface area contributed by atoms with Gasteiger partial charge in [0.1, 0.15) is 12.4 Å². The predicted molar refractivity (Wildman–Crippen MR) is 114 cm³/mol. The Bertz CT molecular complexity index is 1040. The van der Waals surface area contributed by atoms with Gasteiger partial charge in [-0.2, -0.15) is 0 Å². The van der Waals surface area contributed by atoms with Gasteiger partial charge >= 0.3 is 0 Å². The number of carbonyl (C=O) groups is 1. The molecule has 0 radical (unpaired) electrons. The minimum absolute atomic E-state index is 0.109. The molecule has 3 aromatic carbocycles. The van der Waals surface area contributed by atoms with Crippen molar-refractivity contribution in [2.45, 2.75) is 24.8 Å². The van der Waals surface area contributed by atoms with Crippen LogP contribution < -0.4 is 10.1 Å². The topological polar surface area (TPSA) is 72.5 Å². The number of hydrogen-bond donors (Lipinski definition) is 1. The molecule has 1 amide bonds. The first-order chi connectivity index (χ1) is 13.9. The van der Waals surface area contributed by atoms with Crippen molar-refractivity contribution in [2.75, 3.05) is 11.1 Å². The summed E-state index contributed by atoms with van der Waals surface area (Å²) >= 11 is 0. The average molecular weight is 410 g/mol. The molecule has 3 aromatic rings. The molecule has 6 heteroatoms. The Morgan fingerprint density at radius 1 is 0.897 bits per heavy atom. The van der Waals surface area contributed by atoms with Gasteiger partial charge in [0.2, 0.25) is 5.91 Å². The summed E-state index contributed by atoms with van der Waals surface area (Å²) < 4.78 is 30.4. The van der Waals surface area contributed by atoms with E-state index in [1.165, 1.54) is 0 Å². The number of sulfone groups is 1. The molecule has 0 saturated carbocycles. The molecule has 0 aliphatic rings. The van der Waals surface area contributed by atoms with Gasteiger partial charge in [0, 0.05) is 12.1 Å². The highest BCUT2D eigenvalue weighted by Crippen LogP contribution is 2.18. The van der Waals surface area contributed by atoms with Gasteiger partial charge in [0.15, 0.2) is 9.84 Å². The second kappa shape index (κ2) is 9.39. The van der Waals surface area contributed by atoms with Gasteiger partial charge in [-0.1, -0.05) is 48.0 Å². The Kier molecular flexibility index (Phi) is 6.67. The first-order valence-electron chi connectivity index (χ1n) is 9.28. The molecule has 0 saturated heterocycles. The zero-order chi connectivity index (χ0) is 20.7. The number of carbonyl (C=O) groups excluding carboxylic acids is 1. The number of nitrogens with one attached hydrogen (secondary N) is 1. The quantitative estimate of drug-likeness (QED) is 0.599. The fourth-order valence-corrected chi connectivity index (χ4v) is 3.93. The van der Waals surface area contributed by atoms with Crippen LogP contribution >= 0.6 is 0 Å². The third-order valence-electron chi connectivity index (χ3n) is 4.36. The van der Waals surface area contributed by atoms with Crippen LogP contribution in [0.4, 0.5) is 5.69 Å². The largest absolute Gasteiger partial charge is 0.489 e. The second-order valence-electron chi connectivity index (χ2n) is 6.73. The van der Waals surface area contributed by atoms with Crippen LogP contribution in [0.15, 0.2) is 83.8 Å². The summed E-state index contributed by atoms with van der Waals surface area (Å²) in [6, 6.07) is 23.4. The summed E-state index contributed by atoms with van der Waals surface area (Å²) in [7, 11) is -3.49. The lowest BCUT2D eigenvalue weighted by Crippen LogP contribution is -2.17. The lowest BCUT2D eigenvalue weighted by Gasteiger charge is -2.09. The number of aryl methyl sites for hydroxylation is 1. The molecule has 3 rings (SSSR count). The monoisotopic (exact) mass is 409 g/mol. The van der Waals surface area contributed by atoms with Crippen LogP contribution in [0.1, 0.15) is 17.5 Å². The molecule has 0 aliphatic carbocycles. The SMILES string of the molecule is Cc1ccc(S(=O)(=O)CCC(=O)Nc2ccc(OCc3ccccc3)cc2)cc1. The van der Waals surface area contributed by atoms with Gasteiger partial charge in [-0.05, 0) is 48.9 Å². The van der Waals surface area contributed by atoms with Crippen molar-refractivity contribution in [1.29, 1.82) is 0 Å². The molecule has 0 fully saturated rings. The molecule has 0 aromatic heterocycles. The van der Waals surface area contributed by atoms with E-state index in [1.807, 2.05) is 37.3 Å². The number of amides is 1. The fraction of sp³-hybridized carbons (Fsp3) is 0.174. The minimum atomic E-state index is -3.49. The van der Waals surface area contributed by atoms with Crippen molar-refractivity contribution in [3.63, 3.8) is 0 Å². The smallest absolute Gasteiger partial charge is 0.225 e. The average Bonchev–Trinajstić information content (AvgIpc) is 2.73. The van der Waals surface area contributed by atoms with Crippen LogP contribution in [0.3, 0.4) is 0 Å². The molecular weight excluding hydrogens is 386 g/mol. The van der Waals surface area contributed by atoms with Crippen molar-refractivity contribution in [3.8, 4) is 5.75 Å². The first-order valence-corrected chi connectivity index (χ1v) is 10.9. The zero-order valence-corrected chi connectivity index (χ0v) is 17.0. The highest BCUT2D eigenvalue weighted by molar-refractivity contribution is 7.91. The standard InChI is InChI=1S/C23H23NO4S/c1-18-7-13-22(14-8-18)29(26,27)16-15-23(25)24-20-9-11-21(12-10-20)28-17-19-5-3-2-4-6-19/h2-14H,15-17H2,1H3,(H,24,25). The maximum Gasteiger partial charge on any atom is 0.225 e. The second-order valence-corrected chi connectivity index (χ2v) is 8.84. The van der Waals surface area contributed by atoms with Crippen molar-refractivity contribution in [1.82, 2.24) is 0 Å².